The largest absolute Gasteiger partial charge is 0.444 e. The van der Waals surface area contributed by atoms with Gasteiger partial charge in [-0.05, 0) is 74.9 Å². The maximum atomic E-state index is 12.2. The highest BCUT2D eigenvalue weighted by molar-refractivity contribution is 5.94. The molecule has 3 amide bonds. The summed E-state index contributed by atoms with van der Waals surface area (Å²) in [4.78, 5) is 36.0. The first kappa shape index (κ1) is 27.9. The molecule has 7 nitrogen and oxygen atoms in total. The zero-order chi connectivity index (χ0) is 25.8. The Morgan fingerprint density at radius 3 is 2.00 bits per heavy atom. The lowest BCUT2D eigenvalue weighted by Crippen LogP contribution is -2.33. The van der Waals surface area contributed by atoms with Crippen molar-refractivity contribution < 1.29 is 19.1 Å². The molecule has 0 heterocycles. The lowest BCUT2D eigenvalue weighted by molar-refractivity contribution is -0.116. The van der Waals surface area contributed by atoms with Crippen molar-refractivity contribution in [3.05, 3.63) is 54.1 Å². The first-order valence-electron chi connectivity index (χ1n) is 12.3. The van der Waals surface area contributed by atoms with E-state index < -0.39 is 11.7 Å². The number of rotatable bonds is 11. The van der Waals surface area contributed by atoms with Crippen LogP contribution in [-0.4, -0.2) is 36.6 Å². The maximum absolute atomic E-state index is 12.2. The molecule has 0 saturated carbocycles. The number of ether oxygens (including phenoxy) is 1. The van der Waals surface area contributed by atoms with Gasteiger partial charge in [0.15, 0.2) is 0 Å². The van der Waals surface area contributed by atoms with Gasteiger partial charge < -0.3 is 20.7 Å². The van der Waals surface area contributed by atoms with Gasteiger partial charge >= 0.3 is 6.09 Å². The molecule has 0 radical (unpaired) electrons. The number of amides is 3. The summed E-state index contributed by atoms with van der Waals surface area (Å²) in [7, 11) is 0. The Hall–Kier alpha value is -3.35. The van der Waals surface area contributed by atoms with E-state index in [1.54, 1.807) is 0 Å². The summed E-state index contributed by atoms with van der Waals surface area (Å²) < 4.78 is 5.19. The molecule has 0 spiro atoms. The highest BCUT2D eigenvalue weighted by Gasteiger charge is 2.15. The highest BCUT2D eigenvalue weighted by Crippen LogP contribution is 2.22. The second-order valence-corrected chi connectivity index (χ2v) is 10.0. The molecule has 0 aliphatic rings. The summed E-state index contributed by atoms with van der Waals surface area (Å²) in [6, 6.07) is 15.2. The Morgan fingerprint density at radius 1 is 0.829 bits per heavy atom. The van der Waals surface area contributed by atoms with Crippen LogP contribution in [0.2, 0.25) is 0 Å². The van der Waals surface area contributed by atoms with Crippen LogP contribution >= 0.6 is 0 Å². The molecule has 0 fully saturated rings. The zero-order valence-corrected chi connectivity index (χ0v) is 21.6. The van der Waals surface area contributed by atoms with Crippen LogP contribution in [0.4, 0.5) is 10.5 Å². The summed E-state index contributed by atoms with van der Waals surface area (Å²) in [6.07, 6.45) is 2.39. The van der Waals surface area contributed by atoms with E-state index in [1.807, 2.05) is 69.3 Å². The first-order chi connectivity index (χ1) is 16.5. The fourth-order valence-electron chi connectivity index (χ4n) is 3.27. The monoisotopic (exact) mass is 481 g/mol. The normalized spacial score (nSPS) is 11.1. The predicted octanol–water partition coefficient (Wildman–Crippen LogP) is 5.76. The van der Waals surface area contributed by atoms with Crippen LogP contribution in [0.3, 0.4) is 0 Å². The molecule has 190 valence electrons. The molecule has 0 aliphatic carbocycles. The highest BCUT2D eigenvalue weighted by atomic mass is 16.6. The Bertz CT molecular complexity index is 961. The van der Waals surface area contributed by atoms with Gasteiger partial charge in [-0.2, -0.15) is 0 Å². The second kappa shape index (κ2) is 13.5. The quantitative estimate of drug-likeness (QED) is 0.355. The van der Waals surface area contributed by atoms with Crippen LogP contribution in [0, 0.1) is 5.92 Å². The third kappa shape index (κ3) is 11.1. The van der Waals surface area contributed by atoms with E-state index in [0.29, 0.717) is 31.0 Å². The fourth-order valence-corrected chi connectivity index (χ4v) is 3.27. The number of unbranched alkanes of at least 4 members (excludes halogenated alkanes) is 2. The molecular weight excluding hydrogens is 442 g/mol. The van der Waals surface area contributed by atoms with Crippen LogP contribution in [0.1, 0.15) is 70.7 Å². The Labute approximate surface area is 209 Å². The van der Waals surface area contributed by atoms with Crippen LogP contribution in [0.25, 0.3) is 11.1 Å². The first-order valence-corrected chi connectivity index (χ1v) is 12.3. The second-order valence-electron chi connectivity index (χ2n) is 10.0. The molecule has 2 aromatic rings. The van der Waals surface area contributed by atoms with E-state index in [4.69, 9.17) is 4.74 Å². The number of anilines is 1. The van der Waals surface area contributed by atoms with Crippen molar-refractivity contribution in [3.63, 3.8) is 0 Å². The van der Waals surface area contributed by atoms with Crippen molar-refractivity contribution in [1.82, 2.24) is 10.6 Å². The van der Waals surface area contributed by atoms with Crippen molar-refractivity contribution in [2.45, 2.75) is 65.9 Å². The maximum Gasteiger partial charge on any atom is 0.407 e. The van der Waals surface area contributed by atoms with Gasteiger partial charge in [0.25, 0.3) is 5.91 Å². The van der Waals surface area contributed by atoms with E-state index >= 15 is 0 Å². The van der Waals surface area contributed by atoms with E-state index in [0.717, 1.165) is 36.1 Å². The average Bonchev–Trinajstić information content (AvgIpc) is 2.79. The minimum atomic E-state index is -0.504. The van der Waals surface area contributed by atoms with Crippen LogP contribution in [0.15, 0.2) is 48.5 Å². The lowest BCUT2D eigenvalue weighted by Gasteiger charge is -2.19. The smallest absolute Gasteiger partial charge is 0.407 e. The van der Waals surface area contributed by atoms with Gasteiger partial charge in [0.05, 0.1) is 0 Å². The van der Waals surface area contributed by atoms with Crippen molar-refractivity contribution in [1.29, 1.82) is 0 Å². The van der Waals surface area contributed by atoms with Crippen molar-refractivity contribution in [2.75, 3.05) is 18.4 Å². The number of carbonyl (C=O) groups excluding carboxylic acids is 3. The number of hydrogen-bond acceptors (Lipinski definition) is 4. The third-order valence-electron chi connectivity index (χ3n) is 5.07. The topological polar surface area (TPSA) is 96.5 Å². The van der Waals surface area contributed by atoms with E-state index in [2.05, 4.69) is 29.8 Å². The SMILES string of the molecule is CC(C)CNC(=O)c1ccc(-c2ccc(NC(=O)CCCCCNC(=O)OC(C)(C)C)cc2)cc1. The molecule has 0 bridgehead atoms. The summed E-state index contributed by atoms with van der Waals surface area (Å²) in [6.45, 7) is 10.8. The van der Waals surface area contributed by atoms with Crippen molar-refractivity contribution in [3.8, 4) is 11.1 Å². The number of nitrogens with one attached hydrogen (secondary N) is 3. The van der Waals surface area contributed by atoms with Gasteiger partial charge in [0.2, 0.25) is 5.91 Å². The van der Waals surface area contributed by atoms with Crippen LogP contribution in [-0.2, 0) is 9.53 Å². The minimum absolute atomic E-state index is 0.0328. The van der Waals surface area contributed by atoms with Gasteiger partial charge in [-0.1, -0.05) is 44.5 Å². The van der Waals surface area contributed by atoms with Crippen molar-refractivity contribution >= 4 is 23.6 Å². The number of hydrogen-bond donors (Lipinski definition) is 3. The van der Waals surface area contributed by atoms with Crippen LogP contribution in [0.5, 0.6) is 0 Å². The summed E-state index contributed by atoms with van der Waals surface area (Å²) in [5, 5.41) is 8.56. The number of alkyl carbamates (subject to hydrolysis) is 1. The van der Waals surface area contributed by atoms with Gasteiger partial charge in [0.1, 0.15) is 5.60 Å². The molecular formula is C28H39N3O4. The minimum Gasteiger partial charge on any atom is -0.444 e. The summed E-state index contributed by atoms with van der Waals surface area (Å²) in [5.41, 5.74) is 2.89. The van der Waals surface area contributed by atoms with Gasteiger partial charge in [-0.15, -0.1) is 0 Å². The Balaban J connectivity index is 1.71. The molecule has 0 aliphatic heterocycles. The van der Waals surface area contributed by atoms with Crippen LogP contribution < -0.4 is 16.0 Å². The van der Waals surface area contributed by atoms with E-state index in [1.165, 1.54) is 0 Å². The number of benzene rings is 2. The average molecular weight is 482 g/mol. The van der Waals surface area contributed by atoms with E-state index in [9.17, 15) is 14.4 Å². The molecule has 7 heteroatoms. The molecule has 2 rings (SSSR count). The number of carbonyl (C=O) groups is 3. The molecule has 0 saturated heterocycles. The van der Waals surface area contributed by atoms with Crippen molar-refractivity contribution in [2.24, 2.45) is 5.92 Å². The molecule has 0 unspecified atom stereocenters. The molecule has 0 aromatic heterocycles. The molecule has 2 aromatic carbocycles. The van der Waals surface area contributed by atoms with E-state index in [-0.39, 0.29) is 11.8 Å². The Kier molecular flexibility index (Phi) is 10.8. The Morgan fingerprint density at radius 2 is 1.43 bits per heavy atom. The zero-order valence-electron chi connectivity index (χ0n) is 21.6. The van der Waals surface area contributed by atoms with Gasteiger partial charge in [0, 0.05) is 30.8 Å². The van der Waals surface area contributed by atoms with Gasteiger partial charge in [-0.3, -0.25) is 9.59 Å². The lowest BCUT2D eigenvalue weighted by atomic mass is 10.0. The predicted molar refractivity (Wildman–Crippen MR) is 140 cm³/mol. The molecule has 3 N–H and O–H groups in total. The third-order valence-corrected chi connectivity index (χ3v) is 5.07. The summed E-state index contributed by atoms with van der Waals surface area (Å²) in [5.74, 6) is 0.308. The molecule has 35 heavy (non-hydrogen) atoms. The summed E-state index contributed by atoms with van der Waals surface area (Å²) >= 11 is 0. The van der Waals surface area contributed by atoms with Gasteiger partial charge in [-0.25, -0.2) is 4.79 Å². The standard InChI is InChI=1S/C28H39N3O4/c1-20(2)19-30-26(33)23-12-10-21(11-13-23)22-14-16-24(17-15-22)31-25(32)9-7-6-8-18-29-27(34)35-28(3,4)5/h10-17,20H,6-9,18-19H2,1-5H3,(H,29,34)(H,30,33)(H,31,32). The fraction of sp³-hybridized carbons (Fsp3) is 0.464. The molecule has 0 atom stereocenters.